The lowest BCUT2D eigenvalue weighted by atomic mass is 10.1. The van der Waals surface area contributed by atoms with Crippen LogP contribution in [0, 0.1) is 13.8 Å². The molecule has 0 radical (unpaired) electrons. The van der Waals surface area contributed by atoms with Crippen molar-refractivity contribution in [1.29, 1.82) is 0 Å². The van der Waals surface area contributed by atoms with E-state index >= 15 is 0 Å². The highest BCUT2D eigenvalue weighted by atomic mass is 16.5. The minimum Gasteiger partial charge on any atom is -0.478 e. The molecule has 0 amide bonds. The van der Waals surface area contributed by atoms with Gasteiger partial charge in [0.05, 0.1) is 0 Å². The van der Waals surface area contributed by atoms with E-state index in [9.17, 15) is 4.79 Å². The van der Waals surface area contributed by atoms with E-state index < -0.39 is 5.97 Å². The van der Waals surface area contributed by atoms with Crippen molar-refractivity contribution in [3.05, 3.63) is 47.3 Å². The molecule has 18 heavy (non-hydrogen) atoms. The van der Waals surface area contributed by atoms with Gasteiger partial charge >= 0.3 is 12.0 Å². The third-order valence-corrected chi connectivity index (χ3v) is 2.34. The maximum absolute atomic E-state index is 11.1. The number of hydrogen-bond acceptors (Lipinski definition) is 4. The molecule has 0 saturated carbocycles. The van der Waals surface area contributed by atoms with Crippen molar-refractivity contribution >= 4 is 5.97 Å². The minimum atomic E-state index is -1.04. The van der Waals surface area contributed by atoms with Crippen molar-refractivity contribution in [3.63, 3.8) is 0 Å². The van der Waals surface area contributed by atoms with Gasteiger partial charge in [0.1, 0.15) is 11.3 Å². The van der Waals surface area contributed by atoms with E-state index in [4.69, 9.17) is 9.84 Å². The van der Waals surface area contributed by atoms with Crippen LogP contribution in [0.5, 0.6) is 11.8 Å². The molecule has 0 atom stereocenters. The van der Waals surface area contributed by atoms with Crippen molar-refractivity contribution in [1.82, 2.24) is 9.97 Å². The van der Waals surface area contributed by atoms with Crippen LogP contribution in [-0.2, 0) is 0 Å². The molecule has 1 aromatic carbocycles. The van der Waals surface area contributed by atoms with Crippen LogP contribution >= 0.6 is 0 Å². The van der Waals surface area contributed by atoms with Gasteiger partial charge in [-0.15, -0.1) is 0 Å². The number of hydrogen-bond donors (Lipinski definition) is 1. The number of benzene rings is 1. The Hall–Kier alpha value is -2.43. The zero-order chi connectivity index (χ0) is 13.1. The lowest BCUT2D eigenvalue weighted by Crippen LogP contribution is -2.02. The summed E-state index contributed by atoms with van der Waals surface area (Å²) >= 11 is 0. The summed E-state index contributed by atoms with van der Waals surface area (Å²) in [7, 11) is 0. The van der Waals surface area contributed by atoms with E-state index in [-0.39, 0.29) is 17.3 Å². The third-order valence-electron chi connectivity index (χ3n) is 2.34. The molecule has 0 aliphatic carbocycles. The summed E-state index contributed by atoms with van der Waals surface area (Å²) in [5, 5.41) is 9.07. The fourth-order valence-corrected chi connectivity index (χ4v) is 1.46. The fraction of sp³-hybridized carbons (Fsp3) is 0.154. The van der Waals surface area contributed by atoms with Gasteiger partial charge in [0.25, 0.3) is 0 Å². The first kappa shape index (κ1) is 12.0. The molecule has 0 aliphatic rings. The first-order valence-corrected chi connectivity index (χ1v) is 5.38. The Morgan fingerprint density at radius 2 is 2.06 bits per heavy atom. The van der Waals surface area contributed by atoms with Gasteiger partial charge in [0.2, 0.25) is 0 Å². The van der Waals surface area contributed by atoms with Crippen LogP contribution < -0.4 is 4.74 Å². The fourth-order valence-electron chi connectivity index (χ4n) is 1.46. The molecular weight excluding hydrogens is 232 g/mol. The van der Waals surface area contributed by atoms with Gasteiger partial charge in [-0.2, -0.15) is 0 Å². The van der Waals surface area contributed by atoms with Gasteiger partial charge < -0.3 is 9.84 Å². The van der Waals surface area contributed by atoms with Gasteiger partial charge in [-0.3, -0.25) is 0 Å². The molecular formula is C13H12N2O3. The van der Waals surface area contributed by atoms with Crippen LogP contribution in [-0.4, -0.2) is 21.0 Å². The molecule has 0 aliphatic heterocycles. The summed E-state index contributed by atoms with van der Waals surface area (Å²) in [6.07, 6.45) is 1.56. The summed E-state index contributed by atoms with van der Waals surface area (Å²) in [5.74, 6) is -0.800. The van der Waals surface area contributed by atoms with Crippen LogP contribution in [0.2, 0.25) is 0 Å². The third kappa shape index (κ3) is 2.63. The van der Waals surface area contributed by atoms with E-state index in [0.29, 0.717) is 0 Å². The van der Waals surface area contributed by atoms with Crippen molar-refractivity contribution in [2.24, 2.45) is 0 Å². The maximum Gasteiger partial charge on any atom is 0.339 e. The molecule has 0 unspecified atom stereocenters. The second kappa shape index (κ2) is 4.83. The number of aromatic carboxylic acids is 1. The van der Waals surface area contributed by atoms with Crippen molar-refractivity contribution in [2.75, 3.05) is 0 Å². The minimum absolute atomic E-state index is 0.0886. The molecule has 0 fully saturated rings. The second-order valence-electron chi connectivity index (χ2n) is 3.89. The summed E-state index contributed by atoms with van der Waals surface area (Å²) < 4.78 is 5.43. The standard InChI is InChI=1S/C13H12N2O3/c1-8-3-4-10(12(16)17)11(7-8)18-13-14-6-5-9(2)15-13/h3-7H,1-2H3,(H,16,17). The van der Waals surface area contributed by atoms with Gasteiger partial charge in [-0.1, -0.05) is 6.07 Å². The SMILES string of the molecule is Cc1ccc(C(=O)O)c(Oc2nccc(C)n2)c1. The first-order chi connectivity index (χ1) is 8.56. The van der Waals surface area contributed by atoms with E-state index in [2.05, 4.69) is 9.97 Å². The van der Waals surface area contributed by atoms with Gasteiger partial charge in [0.15, 0.2) is 0 Å². The van der Waals surface area contributed by atoms with Gasteiger partial charge in [-0.25, -0.2) is 14.8 Å². The summed E-state index contributed by atoms with van der Waals surface area (Å²) in [4.78, 5) is 19.1. The topological polar surface area (TPSA) is 72.3 Å². The molecule has 2 rings (SSSR count). The second-order valence-corrected chi connectivity index (χ2v) is 3.89. The molecule has 5 heteroatoms. The molecule has 0 saturated heterocycles. The molecule has 1 aromatic heterocycles. The zero-order valence-corrected chi connectivity index (χ0v) is 10.0. The number of carboxylic acid groups (broad SMARTS) is 1. The van der Waals surface area contributed by atoms with Crippen LogP contribution in [0.15, 0.2) is 30.5 Å². The van der Waals surface area contributed by atoms with Crippen molar-refractivity contribution < 1.29 is 14.6 Å². The van der Waals surface area contributed by atoms with Crippen LogP contribution in [0.1, 0.15) is 21.6 Å². The number of rotatable bonds is 3. The number of nitrogens with zero attached hydrogens (tertiary/aromatic N) is 2. The van der Waals surface area contributed by atoms with Crippen LogP contribution in [0.4, 0.5) is 0 Å². The highest BCUT2D eigenvalue weighted by Crippen LogP contribution is 2.24. The normalized spacial score (nSPS) is 10.1. The number of carbonyl (C=O) groups is 1. The molecule has 2 aromatic rings. The van der Waals surface area contributed by atoms with Crippen molar-refractivity contribution in [2.45, 2.75) is 13.8 Å². The van der Waals surface area contributed by atoms with E-state index in [1.54, 1.807) is 24.4 Å². The highest BCUT2D eigenvalue weighted by molar-refractivity contribution is 5.91. The van der Waals surface area contributed by atoms with E-state index in [1.807, 2.05) is 13.8 Å². The summed E-state index contributed by atoms with van der Waals surface area (Å²) in [5.41, 5.74) is 1.75. The highest BCUT2D eigenvalue weighted by Gasteiger charge is 2.13. The lowest BCUT2D eigenvalue weighted by molar-refractivity contribution is 0.0694. The maximum atomic E-state index is 11.1. The summed E-state index contributed by atoms with van der Waals surface area (Å²) in [6, 6.07) is 6.75. The molecule has 0 bridgehead atoms. The predicted molar refractivity (Wildman–Crippen MR) is 65.0 cm³/mol. The smallest absolute Gasteiger partial charge is 0.339 e. The average Bonchev–Trinajstić information content (AvgIpc) is 2.28. The Morgan fingerprint density at radius 1 is 1.28 bits per heavy atom. The molecule has 1 N–H and O–H groups in total. The number of aryl methyl sites for hydroxylation is 2. The summed E-state index contributed by atoms with van der Waals surface area (Å²) in [6.45, 7) is 3.67. The average molecular weight is 244 g/mol. The first-order valence-electron chi connectivity index (χ1n) is 5.38. The largest absolute Gasteiger partial charge is 0.478 e. The quantitative estimate of drug-likeness (QED) is 0.898. The van der Waals surface area contributed by atoms with Gasteiger partial charge in [0, 0.05) is 11.9 Å². The Morgan fingerprint density at radius 3 is 2.72 bits per heavy atom. The lowest BCUT2D eigenvalue weighted by Gasteiger charge is -2.08. The molecule has 5 nitrogen and oxygen atoms in total. The Balaban J connectivity index is 2.39. The van der Waals surface area contributed by atoms with E-state index in [1.165, 1.54) is 6.07 Å². The molecule has 92 valence electrons. The monoisotopic (exact) mass is 244 g/mol. The number of ether oxygens (including phenoxy) is 1. The molecule has 1 heterocycles. The van der Waals surface area contributed by atoms with E-state index in [0.717, 1.165) is 11.3 Å². The number of aromatic nitrogens is 2. The van der Waals surface area contributed by atoms with Crippen molar-refractivity contribution in [3.8, 4) is 11.8 Å². The molecule has 0 spiro atoms. The number of carboxylic acids is 1. The van der Waals surface area contributed by atoms with Gasteiger partial charge in [-0.05, 0) is 37.6 Å². The Labute approximate surface area is 104 Å². The Kier molecular flexibility index (Phi) is 3.23. The Bertz CT molecular complexity index is 597. The van der Waals surface area contributed by atoms with Crippen LogP contribution in [0.25, 0.3) is 0 Å². The predicted octanol–water partition coefficient (Wildman–Crippen LogP) is 2.58. The zero-order valence-electron chi connectivity index (χ0n) is 10.0. The van der Waals surface area contributed by atoms with Crippen LogP contribution in [0.3, 0.4) is 0 Å².